The molecule has 2 aromatic rings. The second kappa shape index (κ2) is 10.0. The quantitative estimate of drug-likeness (QED) is 0.276. The SMILES string of the molecule is O=S(=O)(/C=C/c1ccc(OC(F)(F)F)cc1)/N=C(\[O-])c1ccc(F)cc1C(F)(F)F.[Na+]. The fourth-order valence-corrected chi connectivity index (χ4v) is 2.80. The first kappa shape index (κ1) is 26.9. The van der Waals surface area contributed by atoms with E-state index < -0.39 is 51.2 Å². The summed E-state index contributed by atoms with van der Waals surface area (Å²) in [4.78, 5) is 0. The van der Waals surface area contributed by atoms with Gasteiger partial charge in [-0.25, -0.2) is 4.39 Å². The number of benzene rings is 2. The van der Waals surface area contributed by atoms with Crippen molar-refractivity contribution in [3.63, 3.8) is 0 Å². The summed E-state index contributed by atoms with van der Waals surface area (Å²) in [5.41, 5.74) is -2.81. The van der Waals surface area contributed by atoms with Crippen LogP contribution in [0.4, 0.5) is 30.7 Å². The third-order valence-corrected chi connectivity index (χ3v) is 4.17. The molecule has 0 saturated carbocycles. The van der Waals surface area contributed by atoms with Gasteiger partial charge in [-0.3, -0.25) is 0 Å². The second-order valence-electron chi connectivity index (χ2n) is 5.52. The van der Waals surface area contributed by atoms with Gasteiger partial charge in [-0.05, 0) is 41.5 Å². The van der Waals surface area contributed by atoms with Gasteiger partial charge < -0.3 is 9.84 Å². The molecule has 31 heavy (non-hydrogen) atoms. The molecule has 0 bridgehead atoms. The van der Waals surface area contributed by atoms with E-state index in [2.05, 4.69) is 9.13 Å². The number of nitrogens with zero attached hydrogens (tertiary/aromatic N) is 1. The van der Waals surface area contributed by atoms with Gasteiger partial charge in [0.15, 0.2) is 0 Å². The molecule has 14 heteroatoms. The van der Waals surface area contributed by atoms with Crippen LogP contribution < -0.4 is 39.4 Å². The fraction of sp³-hybridized carbons (Fsp3) is 0.118. The molecule has 0 spiro atoms. The van der Waals surface area contributed by atoms with Crippen LogP contribution >= 0.6 is 0 Å². The topological polar surface area (TPSA) is 78.8 Å². The number of halogens is 7. The zero-order chi connectivity index (χ0) is 22.7. The van der Waals surface area contributed by atoms with Gasteiger partial charge in [0, 0.05) is 5.90 Å². The summed E-state index contributed by atoms with van der Waals surface area (Å²) in [7, 11) is -4.72. The Morgan fingerprint density at radius 3 is 2.10 bits per heavy atom. The molecule has 0 saturated heterocycles. The number of hydrogen-bond acceptors (Lipinski definition) is 4. The van der Waals surface area contributed by atoms with Crippen molar-refractivity contribution >= 4 is 22.0 Å². The second-order valence-corrected chi connectivity index (χ2v) is 7.00. The maximum absolute atomic E-state index is 13.1. The number of rotatable bonds is 5. The Bertz CT molecular complexity index is 1080. The predicted molar refractivity (Wildman–Crippen MR) is 89.0 cm³/mol. The smallest absolute Gasteiger partial charge is 0.858 e. The molecule has 0 aromatic heterocycles. The Morgan fingerprint density at radius 2 is 1.58 bits per heavy atom. The van der Waals surface area contributed by atoms with Crippen molar-refractivity contribution in [1.82, 2.24) is 0 Å². The van der Waals surface area contributed by atoms with Crippen molar-refractivity contribution in [3.8, 4) is 5.75 Å². The van der Waals surface area contributed by atoms with Gasteiger partial charge in [-0.2, -0.15) is 26.0 Å². The zero-order valence-corrected chi connectivity index (χ0v) is 18.1. The Kier molecular flexibility index (Phi) is 8.71. The van der Waals surface area contributed by atoms with E-state index in [0.29, 0.717) is 17.5 Å². The van der Waals surface area contributed by atoms with E-state index in [-0.39, 0.29) is 41.2 Å². The molecule has 0 aliphatic heterocycles. The van der Waals surface area contributed by atoms with E-state index in [1.54, 1.807) is 0 Å². The number of hydrogen-bond donors (Lipinski definition) is 0. The van der Waals surface area contributed by atoms with Crippen molar-refractivity contribution in [2.75, 3.05) is 0 Å². The van der Waals surface area contributed by atoms with Gasteiger partial charge in [0.2, 0.25) is 0 Å². The van der Waals surface area contributed by atoms with Gasteiger partial charge in [0.1, 0.15) is 11.6 Å². The first-order valence-electron chi connectivity index (χ1n) is 7.59. The minimum atomic E-state index is -5.14. The summed E-state index contributed by atoms with van der Waals surface area (Å²) in [5.74, 6) is -3.64. The number of ether oxygens (including phenoxy) is 1. The summed E-state index contributed by atoms with van der Waals surface area (Å²) in [6.07, 6.45) is -9.21. The molecule has 0 fully saturated rings. The van der Waals surface area contributed by atoms with Crippen LogP contribution in [-0.2, 0) is 16.2 Å². The number of alkyl halides is 6. The molecule has 0 N–H and O–H groups in total. The minimum Gasteiger partial charge on any atom is -0.858 e. The summed E-state index contributed by atoms with van der Waals surface area (Å²) in [6, 6.07) is 4.88. The Hall–Kier alpha value is -2.09. The molecule has 2 aromatic carbocycles. The summed E-state index contributed by atoms with van der Waals surface area (Å²) < 4.78 is 118. The van der Waals surface area contributed by atoms with Crippen molar-refractivity contribution in [3.05, 3.63) is 70.4 Å². The van der Waals surface area contributed by atoms with E-state index in [1.165, 1.54) is 0 Å². The normalized spacial score (nSPS) is 13.2. The van der Waals surface area contributed by atoms with Crippen LogP contribution in [0.25, 0.3) is 6.08 Å². The van der Waals surface area contributed by atoms with E-state index in [9.17, 15) is 44.3 Å². The molecule has 0 amide bonds. The minimum absolute atomic E-state index is 0. The first-order valence-corrected chi connectivity index (χ1v) is 9.10. The largest absolute Gasteiger partial charge is 1.00 e. The molecule has 0 radical (unpaired) electrons. The van der Waals surface area contributed by atoms with Crippen molar-refractivity contribution in [1.29, 1.82) is 0 Å². The summed E-state index contributed by atoms with van der Waals surface area (Å²) in [6.45, 7) is 0. The van der Waals surface area contributed by atoms with E-state index in [4.69, 9.17) is 0 Å². The third-order valence-electron chi connectivity index (χ3n) is 3.27. The van der Waals surface area contributed by atoms with Crippen LogP contribution in [0, 0.1) is 5.82 Å². The molecule has 162 valence electrons. The molecular formula is C17H9F7NNaO4S. The molecule has 0 aliphatic rings. The van der Waals surface area contributed by atoms with Gasteiger partial charge in [0.25, 0.3) is 10.0 Å². The maximum Gasteiger partial charge on any atom is 1.00 e. The summed E-state index contributed by atoms with van der Waals surface area (Å²) >= 11 is 0. The van der Waals surface area contributed by atoms with E-state index in [0.717, 1.165) is 30.3 Å². The van der Waals surface area contributed by atoms with Gasteiger partial charge in [0.05, 0.1) is 11.0 Å². The molecule has 2 rings (SSSR count). The molecule has 5 nitrogen and oxygen atoms in total. The number of sulfonamides is 1. The molecule has 0 aliphatic carbocycles. The molecular weight excluding hydrogens is 470 g/mol. The van der Waals surface area contributed by atoms with Gasteiger partial charge in [-0.1, -0.05) is 18.2 Å². The first-order chi connectivity index (χ1) is 13.7. The standard InChI is InChI=1S/C17H10F7NO4S.Na/c18-11-3-6-13(14(9-11)16(19,20)21)15(26)25-30(27,28)8-7-10-1-4-12(5-2-10)29-17(22,23)24;/h1-9H,(H,25,26);/q;+1/p-1/b8-7+;. The van der Waals surface area contributed by atoms with Crippen LogP contribution in [0.15, 0.2) is 52.3 Å². The fourth-order valence-electron chi connectivity index (χ4n) is 2.08. The Balaban J connectivity index is 0.00000480. The average molecular weight is 479 g/mol. The average Bonchev–Trinajstić information content (AvgIpc) is 2.58. The Morgan fingerprint density at radius 1 is 1.00 bits per heavy atom. The van der Waals surface area contributed by atoms with Crippen molar-refractivity contribution in [2.45, 2.75) is 12.5 Å². The van der Waals surface area contributed by atoms with Crippen LogP contribution in [0.1, 0.15) is 16.7 Å². The molecule has 0 atom stereocenters. The zero-order valence-electron chi connectivity index (χ0n) is 15.3. The van der Waals surface area contributed by atoms with Crippen LogP contribution in [0.2, 0.25) is 0 Å². The van der Waals surface area contributed by atoms with Crippen LogP contribution in [0.5, 0.6) is 5.75 Å². The molecule has 0 heterocycles. The monoisotopic (exact) mass is 479 g/mol. The van der Waals surface area contributed by atoms with Crippen LogP contribution in [-0.4, -0.2) is 20.7 Å². The van der Waals surface area contributed by atoms with Gasteiger partial charge in [-0.15, -0.1) is 13.2 Å². The summed E-state index contributed by atoms with van der Waals surface area (Å²) in [5, 5.41) is 12.3. The predicted octanol–water partition coefficient (Wildman–Crippen LogP) is 0.855. The maximum atomic E-state index is 13.1. The van der Waals surface area contributed by atoms with Crippen LogP contribution in [0.3, 0.4) is 0 Å². The van der Waals surface area contributed by atoms with Crippen molar-refractivity contribution < 1.29 is 78.6 Å². The van der Waals surface area contributed by atoms with E-state index in [1.807, 2.05) is 0 Å². The third kappa shape index (κ3) is 8.51. The molecule has 0 unspecified atom stereocenters. The van der Waals surface area contributed by atoms with Crippen molar-refractivity contribution in [2.24, 2.45) is 4.40 Å². The van der Waals surface area contributed by atoms with Gasteiger partial charge >= 0.3 is 42.1 Å². The van der Waals surface area contributed by atoms with E-state index >= 15 is 0 Å². The Labute approximate surface area is 193 Å².